The molecule has 10 heteroatoms. The van der Waals surface area contributed by atoms with E-state index in [1.54, 1.807) is 4.90 Å². The maximum Gasteiger partial charge on any atom is 0.573 e. The molecule has 0 N–H and O–H groups in total. The monoisotopic (exact) mass is 493 g/mol. The number of fused-ring (bicyclic) bond motifs is 1. The summed E-state index contributed by atoms with van der Waals surface area (Å²) in [5.74, 6) is -0.418. The Kier molecular flexibility index (Phi) is 7.39. The van der Waals surface area contributed by atoms with Crippen molar-refractivity contribution < 1.29 is 27.4 Å². The van der Waals surface area contributed by atoms with Crippen LogP contribution < -0.4 is 9.64 Å². The lowest BCUT2D eigenvalue weighted by atomic mass is 10.0. The Morgan fingerprint density at radius 2 is 1.91 bits per heavy atom. The second-order valence-electron chi connectivity index (χ2n) is 8.27. The molecule has 0 radical (unpaired) electrons. The van der Waals surface area contributed by atoms with Crippen molar-refractivity contribution in [3.8, 4) is 5.75 Å². The number of ether oxygens (including phenoxy) is 2. The van der Waals surface area contributed by atoms with E-state index in [-0.39, 0.29) is 18.1 Å². The zero-order valence-electron chi connectivity index (χ0n) is 19.0. The average Bonchev–Trinajstić information content (AvgIpc) is 3.19. The van der Waals surface area contributed by atoms with Crippen molar-refractivity contribution in [2.45, 2.75) is 26.6 Å². The Labute approximate surface area is 199 Å². The Balaban J connectivity index is 1.58. The highest BCUT2D eigenvalue weighted by Gasteiger charge is 2.31. The van der Waals surface area contributed by atoms with E-state index in [2.05, 4.69) is 14.6 Å². The van der Waals surface area contributed by atoms with Gasteiger partial charge in [-0.05, 0) is 42.7 Å². The van der Waals surface area contributed by atoms with Gasteiger partial charge < -0.3 is 9.47 Å². The van der Waals surface area contributed by atoms with Crippen LogP contribution in [-0.2, 0) is 16.0 Å². The molecule has 0 saturated carbocycles. The number of carbonyl (C=O) groups excluding carboxylic acids is 1. The normalized spacial score (nSPS) is 15.0. The van der Waals surface area contributed by atoms with Gasteiger partial charge in [-0.3, -0.25) is 14.6 Å². The average molecular weight is 494 g/mol. The van der Waals surface area contributed by atoms with Crippen LogP contribution in [-0.4, -0.2) is 61.5 Å². The van der Waals surface area contributed by atoms with Crippen molar-refractivity contribution >= 4 is 32.6 Å². The number of anilines is 1. The van der Waals surface area contributed by atoms with Gasteiger partial charge in [0.25, 0.3) is 0 Å². The van der Waals surface area contributed by atoms with Crippen LogP contribution in [0.1, 0.15) is 16.7 Å². The van der Waals surface area contributed by atoms with Crippen LogP contribution in [0.4, 0.5) is 18.3 Å². The number of hydrogen-bond acceptors (Lipinski definition) is 6. The highest BCUT2D eigenvalue weighted by Crippen LogP contribution is 2.33. The number of alkyl halides is 3. The second-order valence-corrected chi connectivity index (χ2v) is 9.28. The summed E-state index contributed by atoms with van der Waals surface area (Å²) < 4.78 is 47.8. The first-order valence-electron chi connectivity index (χ1n) is 11.0. The number of rotatable bonds is 7. The molecule has 4 rings (SSSR count). The van der Waals surface area contributed by atoms with E-state index in [1.807, 2.05) is 32.0 Å². The predicted octanol–water partition coefficient (Wildman–Crippen LogP) is 4.72. The molecule has 1 amide bonds. The third-order valence-corrected chi connectivity index (χ3v) is 6.83. The van der Waals surface area contributed by atoms with Gasteiger partial charge in [-0.25, -0.2) is 4.98 Å². The topological polar surface area (TPSA) is 54.9 Å². The van der Waals surface area contributed by atoms with Gasteiger partial charge in [0, 0.05) is 32.2 Å². The molecule has 182 valence electrons. The summed E-state index contributed by atoms with van der Waals surface area (Å²) in [5.41, 5.74) is 3.70. The summed E-state index contributed by atoms with van der Waals surface area (Å²) in [6.07, 6.45) is -4.56. The molecule has 1 aliphatic rings. The van der Waals surface area contributed by atoms with Crippen LogP contribution in [0.3, 0.4) is 0 Å². The third kappa shape index (κ3) is 6.25. The van der Waals surface area contributed by atoms with Gasteiger partial charge in [-0.2, -0.15) is 0 Å². The molecule has 1 aromatic heterocycles. The standard InChI is InChI=1S/C24H26F3N3O3S/c1-16-3-4-18(13-17(16)2)14-22(31)30(8-7-29-9-11-32-12-10-29)23-28-20-6-5-19(15-21(20)34-23)33-24(25,26)27/h3-6,13,15H,7-12,14H2,1-2H3. The summed E-state index contributed by atoms with van der Waals surface area (Å²) in [7, 11) is 0. The summed E-state index contributed by atoms with van der Waals surface area (Å²) in [6, 6.07) is 9.96. The molecule has 34 heavy (non-hydrogen) atoms. The summed E-state index contributed by atoms with van der Waals surface area (Å²) in [6.45, 7) is 7.99. The number of morpholine rings is 1. The van der Waals surface area contributed by atoms with Crippen molar-refractivity contribution in [1.82, 2.24) is 9.88 Å². The number of nitrogens with zero attached hydrogens (tertiary/aromatic N) is 3. The van der Waals surface area contributed by atoms with Gasteiger partial charge in [0.1, 0.15) is 5.75 Å². The molecular weight excluding hydrogens is 467 g/mol. The zero-order valence-corrected chi connectivity index (χ0v) is 19.8. The maximum atomic E-state index is 13.4. The number of carbonyl (C=O) groups is 1. The molecule has 6 nitrogen and oxygen atoms in total. The van der Waals surface area contributed by atoms with Gasteiger partial charge >= 0.3 is 6.36 Å². The second kappa shape index (κ2) is 10.3. The fourth-order valence-corrected chi connectivity index (χ4v) is 4.82. The van der Waals surface area contributed by atoms with Gasteiger partial charge in [-0.15, -0.1) is 13.2 Å². The number of amides is 1. The highest BCUT2D eigenvalue weighted by atomic mass is 32.1. The van der Waals surface area contributed by atoms with Gasteiger partial charge in [0.2, 0.25) is 5.91 Å². The summed E-state index contributed by atoms with van der Waals surface area (Å²) >= 11 is 1.18. The SMILES string of the molecule is Cc1ccc(CC(=O)N(CCN2CCOCC2)c2nc3ccc(OC(F)(F)F)cc3s2)cc1C. The van der Waals surface area contributed by atoms with Crippen LogP contribution >= 0.6 is 11.3 Å². The minimum atomic E-state index is -4.77. The number of aromatic nitrogens is 1. The fourth-order valence-electron chi connectivity index (χ4n) is 3.78. The Morgan fingerprint density at radius 3 is 2.62 bits per heavy atom. The van der Waals surface area contributed by atoms with Gasteiger partial charge in [-0.1, -0.05) is 29.5 Å². The molecule has 0 spiro atoms. The van der Waals surface area contributed by atoms with Crippen molar-refractivity contribution in [2.24, 2.45) is 0 Å². The minimum absolute atomic E-state index is 0.109. The number of hydrogen-bond donors (Lipinski definition) is 0. The van der Waals surface area contributed by atoms with Crippen LogP contribution in [0.5, 0.6) is 5.75 Å². The quantitative estimate of drug-likeness (QED) is 0.477. The molecule has 0 aliphatic carbocycles. The summed E-state index contributed by atoms with van der Waals surface area (Å²) in [5, 5.41) is 0.459. The van der Waals surface area contributed by atoms with Crippen molar-refractivity contribution in [1.29, 1.82) is 0 Å². The molecule has 0 atom stereocenters. The van der Waals surface area contributed by atoms with E-state index >= 15 is 0 Å². The first kappa shape index (κ1) is 24.4. The lowest BCUT2D eigenvalue weighted by Crippen LogP contribution is -2.43. The van der Waals surface area contributed by atoms with E-state index in [9.17, 15) is 18.0 Å². The minimum Gasteiger partial charge on any atom is -0.406 e. The molecule has 1 saturated heterocycles. The Bertz CT molecular complexity index is 1160. The van der Waals surface area contributed by atoms with Crippen LogP contribution in [0.15, 0.2) is 36.4 Å². The van der Waals surface area contributed by atoms with Crippen LogP contribution in [0.2, 0.25) is 0 Å². The third-order valence-electron chi connectivity index (χ3n) is 5.78. The zero-order chi connectivity index (χ0) is 24.3. The number of aryl methyl sites for hydroxylation is 2. The lowest BCUT2D eigenvalue weighted by Gasteiger charge is -2.29. The summed E-state index contributed by atoms with van der Waals surface area (Å²) in [4.78, 5) is 21.8. The van der Waals surface area contributed by atoms with E-state index in [1.165, 1.54) is 29.5 Å². The molecule has 1 aliphatic heterocycles. The van der Waals surface area contributed by atoms with Crippen LogP contribution in [0, 0.1) is 13.8 Å². The van der Waals surface area contributed by atoms with E-state index in [0.29, 0.717) is 41.7 Å². The molecule has 0 unspecified atom stereocenters. The Morgan fingerprint density at radius 1 is 1.15 bits per heavy atom. The molecular formula is C24H26F3N3O3S. The van der Waals surface area contributed by atoms with Crippen molar-refractivity contribution in [2.75, 3.05) is 44.3 Å². The highest BCUT2D eigenvalue weighted by molar-refractivity contribution is 7.22. The van der Waals surface area contributed by atoms with Crippen molar-refractivity contribution in [3.63, 3.8) is 0 Å². The maximum absolute atomic E-state index is 13.4. The molecule has 3 aromatic rings. The van der Waals surface area contributed by atoms with Gasteiger partial charge in [0.05, 0.1) is 29.9 Å². The first-order valence-corrected chi connectivity index (χ1v) is 11.8. The Hall–Kier alpha value is -2.69. The molecule has 0 bridgehead atoms. The predicted molar refractivity (Wildman–Crippen MR) is 126 cm³/mol. The fraction of sp³-hybridized carbons (Fsp3) is 0.417. The molecule has 2 aromatic carbocycles. The van der Waals surface area contributed by atoms with Crippen LogP contribution in [0.25, 0.3) is 10.2 Å². The lowest BCUT2D eigenvalue weighted by molar-refractivity contribution is -0.274. The number of thiazole rings is 1. The van der Waals surface area contributed by atoms with E-state index < -0.39 is 6.36 Å². The largest absolute Gasteiger partial charge is 0.573 e. The number of halogens is 3. The van der Waals surface area contributed by atoms with E-state index in [0.717, 1.165) is 29.8 Å². The number of benzene rings is 2. The van der Waals surface area contributed by atoms with E-state index in [4.69, 9.17) is 4.74 Å². The van der Waals surface area contributed by atoms with Crippen molar-refractivity contribution in [3.05, 3.63) is 53.1 Å². The smallest absolute Gasteiger partial charge is 0.406 e. The first-order chi connectivity index (χ1) is 16.2. The molecule has 1 fully saturated rings. The van der Waals surface area contributed by atoms with Gasteiger partial charge in [0.15, 0.2) is 5.13 Å². The molecule has 2 heterocycles.